The predicted octanol–water partition coefficient (Wildman–Crippen LogP) is 5.05. The first-order chi connectivity index (χ1) is 24.8. The molecule has 0 aliphatic rings. The van der Waals surface area contributed by atoms with Crippen LogP contribution >= 0.6 is 15.9 Å². The molecular weight excluding hydrogens is 752 g/mol. The number of hydrogen-bond acceptors (Lipinski definition) is 15. The minimum atomic E-state index is -1.47. The Morgan fingerprint density at radius 3 is 1.50 bits per heavy atom. The van der Waals surface area contributed by atoms with Crippen molar-refractivity contribution in [3.8, 4) is 0 Å². The zero-order valence-corrected chi connectivity index (χ0v) is 34.3. The number of ether oxygens (including phenoxy) is 11. The molecule has 0 saturated carbocycles. The third-order valence-electron chi connectivity index (χ3n) is 7.20. The number of carbonyl (C=O) groups excluding carboxylic acids is 4. The molecule has 0 amide bonds. The van der Waals surface area contributed by atoms with Crippen molar-refractivity contribution in [2.24, 2.45) is 0 Å². The summed E-state index contributed by atoms with van der Waals surface area (Å²) in [5.74, 6) is -2.57. The summed E-state index contributed by atoms with van der Waals surface area (Å²) in [7, 11) is 0. The first-order valence-electron chi connectivity index (χ1n) is 18.3. The summed E-state index contributed by atoms with van der Waals surface area (Å²) < 4.78 is 64.9. The second-order valence-electron chi connectivity index (χ2n) is 12.2. The van der Waals surface area contributed by atoms with Crippen LogP contribution in [0.2, 0.25) is 0 Å². The van der Waals surface area contributed by atoms with Gasteiger partial charge in [0, 0.05) is 52.8 Å². The maximum Gasteiger partial charge on any atom is 0.303 e. The Morgan fingerprint density at radius 2 is 1.00 bits per heavy atom. The maximum atomic E-state index is 12.2. The topological polar surface area (TPSA) is 170 Å². The largest absolute Gasteiger partial charge is 0.463 e. The van der Waals surface area contributed by atoms with Gasteiger partial charge in [0.1, 0.15) is 43.7 Å². The highest BCUT2D eigenvalue weighted by Crippen LogP contribution is 2.22. The minimum Gasteiger partial charge on any atom is -0.463 e. The van der Waals surface area contributed by atoms with Gasteiger partial charge in [-0.3, -0.25) is 19.2 Å². The molecule has 15 nitrogen and oxygen atoms in total. The van der Waals surface area contributed by atoms with Gasteiger partial charge in [-0.05, 0) is 33.1 Å². The van der Waals surface area contributed by atoms with Crippen molar-refractivity contribution in [1.82, 2.24) is 0 Å². The Bertz CT molecular complexity index is 955. The lowest BCUT2D eigenvalue weighted by Gasteiger charge is -2.37. The van der Waals surface area contributed by atoms with Crippen LogP contribution in [0.25, 0.3) is 0 Å². The molecule has 0 N–H and O–H groups in total. The number of alkyl halides is 1. The van der Waals surface area contributed by atoms with Gasteiger partial charge in [0.15, 0.2) is 18.7 Å². The van der Waals surface area contributed by atoms with E-state index in [1.165, 1.54) is 27.7 Å². The molecule has 8 atom stereocenters. The van der Waals surface area contributed by atoms with E-state index in [1.54, 1.807) is 13.8 Å². The molecule has 0 rings (SSSR count). The number of rotatable bonds is 33. The molecule has 0 radical (unpaired) electrons. The summed E-state index contributed by atoms with van der Waals surface area (Å²) in [6, 6.07) is 0. The van der Waals surface area contributed by atoms with Crippen molar-refractivity contribution in [2.45, 2.75) is 150 Å². The van der Waals surface area contributed by atoms with Crippen molar-refractivity contribution >= 4 is 39.8 Å². The zero-order chi connectivity index (χ0) is 39.3. The second-order valence-corrected chi connectivity index (χ2v) is 13.0. The summed E-state index contributed by atoms with van der Waals surface area (Å²) in [6.07, 6.45) is -2.48. The summed E-state index contributed by atoms with van der Waals surface area (Å²) in [6.45, 7) is 15.7. The number of hydrogen-bond donors (Lipinski definition) is 0. The van der Waals surface area contributed by atoms with E-state index in [1.807, 2.05) is 0 Å². The smallest absolute Gasteiger partial charge is 0.303 e. The van der Waals surface area contributed by atoms with Gasteiger partial charge in [-0.2, -0.15) is 0 Å². The number of unbranched alkanes of at least 4 members (excludes halogenated alkanes) is 3. The average Bonchev–Trinajstić information content (AvgIpc) is 3.07. The Morgan fingerprint density at radius 1 is 0.500 bits per heavy atom. The lowest BCUT2D eigenvalue weighted by molar-refractivity contribution is -0.306. The molecule has 2 unspecified atom stereocenters. The highest BCUT2D eigenvalue weighted by molar-refractivity contribution is 9.09. The average molecular weight is 818 g/mol. The Kier molecular flexibility index (Phi) is 30.3. The summed E-state index contributed by atoms with van der Waals surface area (Å²) in [5, 5.41) is 0.473. The maximum absolute atomic E-state index is 12.2. The molecule has 0 heterocycles. The molecule has 0 spiro atoms. The van der Waals surface area contributed by atoms with Crippen molar-refractivity contribution < 1.29 is 71.3 Å². The third-order valence-corrected chi connectivity index (χ3v) is 7.52. The molecule has 306 valence electrons. The zero-order valence-electron chi connectivity index (χ0n) is 32.7. The number of carbonyl (C=O) groups is 4. The first kappa shape index (κ1) is 50.1. The van der Waals surface area contributed by atoms with E-state index in [4.69, 9.17) is 52.1 Å². The van der Waals surface area contributed by atoms with E-state index in [2.05, 4.69) is 36.7 Å². The van der Waals surface area contributed by atoms with Crippen molar-refractivity contribution in [2.75, 3.05) is 58.2 Å². The second kappa shape index (κ2) is 31.4. The van der Waals surface area contributed by atoms with Gasteiger partial charge in [-0.15, -0.1) is 0 Å². The molecule has 0 aromatic rings. The molecule has 0 saturated heterocycles. The standard InChI is InChI=1S/C36H65BrO15/c1-10-13-17-42-21-32(44-19-15-12-3)33(22-43-18-14-11-2)52-35(45-20-16-37)26(5)49-36(34(50-30(9)41)24-47-28(7)39)51-31(23-46-27(6)38)25(4)48-29(8)40/h25-26,31-36H,10-24H2,1-9H3/t25-,26+,31?,32-,33?,34+,35-,36-/m0/s1. The molecular formula is C36H65BrO15. The van der Waals surface area contributed by atoms with Gasteiger partial charge in [-0.1, -0.05) is 56.0 Å². The minimum absolute atomic E-state index is 0.182. The Balaban J connectivity index is 6.73. The van der Waals surface area contributed by atoms with E-state index in [0.717, 1.165) is 38.5 Å². The number of halogens is 1. The van der Waals surface area contributed by atoms with Crippen molar-refractivity contribution in [3.05, 3.63) is 0 Å². The lowest BCUT2D eigenvalue weighted by Crippen LogP contribution is -2.50. The monoisotopic (exact) mass is 816 g/mol. The molecule has 0 fully saturated rings. The molecule has 0 aliphatic heterocycles. The van der Waals surface area contributed by atoms with Crippen LogP contribution in [0.4, 0.5) is 0 Å². The highest BCUT2D eigenvalue weighted by atomic mass is 79.9. The molecule has 52 heavy (non-hydrogen) atoms. The molecule has 0 aromatic heterocycles. The van der Waals surface area contributed by atoms with Crippen molar-refractivity contribution in [3.63, 3.8) is 0 Å². The Hall–Kier alpha value is -1.92. The van der Waals surface area contributed by atoms with E-state index in [0.29, 0.717) is 25.2 Å². The lowest BCUT2D eigenvalue weighted by atomic mass is 10.2. The SMILES string of the molecule is CCCCOCC(O[C@H](OCCBr)[C@@H](C)O[C@@H](OC(COC(C)=O)[C@H](C)OC(C)=O)[C@@H](COC(C)=O)OC(C)=O)[C@H](COCCCC)OCCCC. The van der Waals surface area contributed by atoms with Gasteiger partial charge < -0.3 is 52.1 Å². The van der Waals surface area contributed by atoms with Gasteiger partial charge in [-0.25, -0.2) is 0 Å². The van der Waals surface area contributed by atoms with Crippen LogP contribution in [0.1, 0.15) is 101 Å². The fraction of sp³-hybridized carbons (Fsp3) is 0.889. The normalized spacial score (nSPS) is 16.1. The Labute approximate surface area is 318 Å². The van der Waals surface area contributed by atoms with Crippen LogP contribution in [0.3, 0.4) is 0 Å². The van der Waals surface area contributed by atoms with Crippen LogP contribution < -0.4 is 0 Å². The third kappa shape index (κ3) is 25.2. The first-order valence-corrected chi connectivity index (χ1v) is 19.4. The van der Waals surface area contributed by atoms with Gasteiger partial charge >= 0.3 is 23.9 Å². The summed E-state index contributed by atoms with van der Waals surface area (Å²) >= 11 is 3.40. The molecule has 0 aromatic carbocycles. The van der Waals surface area contributed by atoms with Gasteiger partial charge in [0.2, 0.25) is 0 Å². The molecule has 0 aliphatic carbocycles. The van der Waals surface area contributed by atoms with Crippen LogP contribution in [0.15, 0.2) is 0 Å². The van der Waals surface area contributed by atoms with E-state index >= 15 is 0 Å². The fourth-order valence-electron chi connectivity index (χ4n) is 4.44. The number of esters is 4. The van der Waals surface area contributed by atoms with Crippen LogP contribution in [-0.4, -0.2) is 131 Å². The van der Waals surface area contributed by atoms with Crippen LogP contribution in [-0.2, 0) is 71.3 Å². The summed E-state index contributed by atoms with van der Waals surface area (Å²) in [4.78, 5) is 47.6. The van der Waals surface area contributed by atoms with Gasteiger partial charge in [0.05, 0.1) is 19.8 Å². The quantitative estimate of drug-likeness (QED) is 0.0283. The van der Waals surface area contributed by atoms with Crippen LogP contribution in [0.5, 0.6) is 0 Å². The summed E-state index contributed by atoms with van der Waals surface area (Å²) in [5.41, 5.74) is 0. The van der Waals surface area contributed by atoms with Crippen molar-refractivity contribution in [1.29, 1.82) is 0 Å². The van der Waals surface area contributed by atoms with Crippen LogP contribution in [0, 0.1) is 0 Å². The molecule has 0 bridgehead atoms. The predicted molar refractivity (Wildman–Crippen MR) is 194 cm³/mol. The fourth-order valence-corrected chi connectivity index (χ4v) is 4.63. The highest BCUT2D eigenvalue weighted by Gasteiger charge is 2.38. The van der Waals surface area contributed by atoms with E-state index in [-0.39, 0.29) is 26.4 Å². The van der Waals surface area contributed by atoms with E-state index in [9.17, 15) is 19.2 Å². The van der Waals surface area contributed by atoms with E-state index < -0.39 is 79.7 Å². The molecule has 16 heteroatoms. The van der Waals surface area contributed by atoms with Gasteiger partial charge in [0.25, 0.3) is 0 Å².